The Balaban J connectivity index is 1.51. The molecule has 1 aromatic heterocycles. The Bertz CT molecular complexity index is 998. The summed E-state index contributed by atoms with van der Waals surface area (Å²) in [5, 5.41) is 22.7. The van der Waals surface area contributed by atoms with Crippen LogP contribution in [0.25, 0.3) is 11.0 Å². The molecule has 1 amide bonds. The second kappa shape index (κ2) is 7.19. The lowest BCUT2D eigenvalue weighted by Crippen LogP contribution is -2.42. The number of benzene rings is 2. The second-order valence-electron chi connectivity index (χ2n) is 6.92. The Hall–Kier alpha value is -3.22. The van der Waals surface area contributed by atoms with Crippen molar-refractivity contribution >= 4 is 22.9 Å². The van der Waals surface area contributed by atoms with E-state index in [-0.39, 0.29) is 5.92 Å². The largest absolute Gasteiger partial charge is 0.480 e. The highest BCUT2D eigenvalue weighted by Crippen LogP contribution is 2.34. The van der Waals surface area contributed by atoms with E-state index in [0.717, 1.165) is 19.3 Å². The summed E-state index contributed by atoms with van der Waals surface area (Å²) >= 11 is 0. The minimum atomic E-state index is -1.02. The summed E-state index contributed by atoms with van der Waals surface area (Å²) in [4.78, 5) is 24.4. The van der Waals surface area contributed by atoms with E-state index in [2.05, 4.69) is 32.9 Å². The zero-order valence-electron chi connectivity index (χ0n) is 14.7. The molecule has 2 aromatic carbocycles. The lowest BCUT2D eigenvalue weighted by molar-refractivity contribution is -0.139. The molecular formula is C20H20N4O3. The molecule has 2 atom stereocenters. The van der Waals surface area contributed by atoms with E-state index < -0.39 is 17.9 Å². The van der Waals surface area contributed by atoms with Gasteiger partial charge in [0, 0.05) is 5.56 Å². The van der Waals surface area contributed by atoms with Crippen molar-refractivity contribution in [1.82, 2.24) is 20.7 Å². The molecular weight excluding hydrogens is 344 g/mol. The number of aromatic amines is 1. The fourth-order valence-electron chi connectivity index (χ4n) is 3.83. The monoisotopic (exact) mass is 364 g/mol. The van der Waals surface area contributed by atoms with Gasteiger partial charge in [-0.05, 0) is 60.9 Å². The second-order valence-corrected chi connectivity index (χ2v) is 6.92. The molecule has 3 aromatic rings. The fraction of sp³-hybridized carbons (Fsp3) is 0.300. The molecule has 0 aliphatic heterocycles. The van der Waals surface area contributed by atoms with Crippen LogP contribution >= 0.6 is 0 Å². The number of aryl methyl sites for hydroxylation is 1. The van der Waals surface area contributed by atoms with Crippen molar-refractivity contribution in [3.8, 4) is 0 Å². The molecule has 1 aliphatic carbocycles. The van der Waals surface area contributed by atoms with Gasteiger partial charge in [-0.3, -0.25) is 4.79 Å². The van der Waals surface area contributed by atoms with Crippen LogP contribution in [0.3, 0.4) is 0 Å². The van der Waals surface area contributed by atoms with Gasteiger partial charge in [0.25, 0.3) is 5.91 Å². The zero-order chi connectivity index (χ0) is 18.8. The number of hydrogen-bond acceptors (Lipinski definition) is 4. The van der Waals surface area contributed by atoms with Gasteiger partial charge in [0.05, 0.1) is 0 Å². The maximum absolute atomic E-state index is 12.6. The Kier molecular flexibility index (Phi) is 4.58. The first-order valence-electron chi connectivity index (χ1n) is 9.04. The lowest BCUT2D eigenvalue weighted by atomic mass is 9.79. The van der Waals surface area contributed by atoms with Crippen molar-refractivity contribution in [2.45, 2.75) is 37.6 Å². The van der Waals surface area contributed by atoms with E-state index in [0.29, 0.717) is 23.0 Å². The van der Waals surface area contributed by atoms with Crippen molar-refractivity contribution in [3.05, 3.63) is 59.2 Å². The summed E-state index contributed by atoms with van der Waals surface area (Å²) in [7, 11) is 0. The molecule has 138 valence electrons. The highest BCUT2D eigenvalue weighted by molar-refractivity contribution is 5.99. The molecule has 7 nitrogen and oxygen atoms in total. The first-order valence-corrected chi connectivity index (χ1v) is 9.04. The highest BCUT2D eigenvalue weighted by Gasteiger charge is 2.28. The van der Waals surface area contributed by atoms with Crippen LogP contribution in [0.2, 0.25) is 0 Å². The van der Waals surface area contributed by atoms with Crippen LogP contribution in [0.15, 0.2) is 42.5 Å². The molecule has 0 bridgehead atoms. The molecule has 0 fully saturated rings. The van der Waals surface area contributed by atoms with E-state index >= 15 is 0 Å². The average Bonchev–Trinajstić information content (AvgIpc) is 3.15. The van der Waals surface area contributed by atoms with Crippen LogP contribution in [-0.2, 0) is 11.2 Å². The standard InChI is InChI=1S/C20H20N4O3/c25-19(14-8-9-16-17(11-14)23-24-22-16)21-18(20(26)27)10-13-6-3-5-12-4-1-2-7-15(12)13/h1-2,4,7-9,11,13,18H,3,5-6,10H2,(H,21,25)(H,26,27)(H,22,23,24). The number of carboxylic acid groups (broad SMARTS) is 1. The summed E-state index contributed by atoms with van der Waals surface area (Å²) in [6, 6.07) is 12.1. The van der Waals surface area contributed by atoms with Gasteiger partial charge in [0.2, 0.25) is 0 Å². The Labute approximate surface area is 155 Å². The smallest absolute Gasteiger partial charge is 0.326 e. The minimum Gasteiger partial charge on any atom is -0.480 e. The molecule has 1 aliphatic rings. The maximum Gasteiger partial charge on any atom is 0.326 e. The Morgan fingerprint density at radius 1 is 1.19 bits per heavy atom. The minimum absolute atomic E-state index is 0.134. The van der Waals surface area contributed by atoms with E-state index in [1.165, 1.54) is 11.1 Å². The van der Waals surface area contributed by atoms with E-state index in [9.17, 15) is 14.7 Å². The number of H-pyrrole nitrogens is 1. The number of nitrogens with zero attached hydrogens (tertiary/aromatic N) is 2. The number of carbonyl (C=O) groups excluding carboxylic acids is 1. The number of aliphatic carboxylic acids is 1. The van der Waals surface area contributed by atoms with Crippen molar-refractivity contribution < 1.29 is 14.7 Å². The molecule has 0 spiro atoms. The van der Waals surface area contributed by atoms with Crippen LogP contribution in [0, 0.1) is 0 Å². The summed E-state index contributed by atoms with van der Waals surface area (Å²) in [6.45, 7) is 0. The summed E-state index contributed by atoms with van der Waals surface area (Å²) in [6.07, 6.45) is 3.37. The molecule has 3 N–H and O–H groups in total. The van der Waals surface area contributed by atoms with Crippen molar-refractivity contribution in [3.63, 3.8) is 0 Å². The molecule has 0 saturated carbocycles. The fourth-order valence-corrected chi connectivity index (χ4v) is 3.83. The Morgan fingerprint density at radius 3 is 2.85 bits per heavy atom. The topological polar surface area (TPSA) is 108 Å². The normalized spacial score (nSPS) is 17.3. The number of nitrogens with one attached hydrogen (secondary N) is 2. The average molecular weight is 364 g/mol. The predicted octanol–water partition coefficient (Wildman–Crippen LogP) is 2.65. The molecule has 27 heavy (non-hydrogen) atoms. The molecule has 4 rings (SSSR count). The van der Waals surface area contributed by atoms with Crippen LogP contribution in [-0.4, -0.2) is 38.4 Å². The van der Waals surface area contributed by atoms with Crippen molar-refractivity contribution in [2.24, 2.45) is 0 Å². The number of amides is 1. The third-order valence-electron chi connectivity index (χ3n) is 5.20. The van der Waals surface area contributed by atoms with Gasteiger partial charge >= 0.3 is 5.97 Å². The van der Waals surface area contributed by atoms with Crippen molar-refractivity contribution in [1.29, 1.82) is 0 Å². The number of aromatic nitrogens is 3. The number of carboxylic acids is 1. The third kappa shape index (κ3) is 3.53. The molecule has 0 radical (unpaired) electrons. The number of rotatable bonds is 5. The van der Waals surface area contributed by atoms with Crippen LogP contribution < -0.4 is 5.32 Å². The lowest BCUT2D eigenvalue weighted by Gasteiger charge is -2.28. The van der Waals surface area contributed by atoms with Gasteiger partial charge in [0.1, 0.15) is 17.1 Å². The molecule has 7 heteroatoms. The number of hydrogen-bond donors (Lipinski definition) is 3. The summed E-state index contributed by atoms with van der Waals surface area (Å²) < 4.78 is 0. The van der Waals surface area contributed by atoms with Crippen LogP contribution in [0.5, 0.6) is 0 Å². The van der Waals surface area contributed by atoms with Gasteiger partial charge < -0.3 is 10.4 Å². The number of fused-ring (bicyclic) bond motifs is 2. The van der Waals surface area contributed by atoms with E-state index in [1.54, 1.807) is 18.2 Å². The van der Waals surface area contributed by atoms with Gasteiger partial charge in [-0.25, -0.2) is 4.79 Å². The highest BCUT2D eigenvalue weighted by atomic mass is 16.4. The molecule has 2 unspecified atom stereocenters. The third-order valence-corrected chi connectivity index (χ3v) is 5.20. The van der Waals surface area contributed by atoms with Gasteiger partial charge in [-0.1, -0.05) is 24.3 Å². The molecule has 0 saturated heterocycles. The van der Waals surface area contributed by atoms with Crippen molar-refractivity contribution in [2.75, 3.05) is 0 Å². The Morgan fingerprint density at radius 2 is 2.00 bits per heavy atom. The first-order chi connectivity index (χ1) is 13.1. The zero-order valence-corrected chi connectivity index (χ0v) is 14.7. The first kappa shape index (κ1) is 17.2. The molecule has 1 heterocycles. The summed E-state index contributed by atoms with van der Waals surface area (Å²) in [5.41, 5.74) is 4.07. The van der Waals surface area contributed by atoms with Crippen LogP contribution in [0.1, 0.15) is 46.7 Å². The number of carbonyl (C=O) groups is 2. The predicted molar refractivity (Wildman–Crippen MR) is 99.5 cm³/mol. The summed E-state index contributed by atoms with van der Waals surface area (Å²) in [5.74, 6) is -1.31. The van der Waals surface area contributed by atoms with E-state index in [1.807, 2.05) is 12.1 Å². The van der Waals surface area contributed by atoms with Gasteiger partial charge in [-0.15, -0.1) is 0 Å². The quantitative estimate of drug-likeness (QED) is 0.645. The van der Waals surface area contributed by atoms with Crippen LogP contribution in [0.4, 0.5) is 0 Å². The van der Waals surface area contributed by atoms with Gasteiger partial charge in [-0.2, -0.15) is 15.4 Å². The van der Waals surface area contributed by atoms with Gasteiger partial charge in [0.15, 0.2) is 0 Å². The maximum atomic E-state index is 12.6. The van der Waals surface area contributed by atoms with E-state index in [4.69, 9.17) is 0 Å². The SMILES string of the molecule is O=C(NC(CC1CCCc2ccccc21)C(=O)O)c1ccc2n[nH]nc2c1.